The summed E-state index contributed by atoms with van der Waals surface area (Å²) in [5, 5.41) is 5.28. The van der Waals surface area contributed by atoms with Crippen LogP contribution in [0, 0.1) is 0 Å². The molecule has 0 aromatic carbocycles. The molecule has 0 unspecified atom stereocenters. The number of H-pyrrole nitrogens is 1. The first-order valence-corrected chi connectivity index (χ1v) is 7.16. The lowest BCUT2D eigenvalue weighted by atomic mass is 10.1. The highest BCUT2D eigenvalue weighted by Crippen LogP contribution is 2.40. The Morgan fingerprint density at radius 2 is 2.14 bits per heavy atom. The van der Waals surface area contributed by atoms with Crippen molar-refractivity contribution in [3.05, 3.63) is 48.7 Å². The van der Waals surface area contributed by atoms with Crippen LogP contribution >= 0.6 is 0 Å². The molecule has 4 heterocycles. The van der Waals surface area contributed by atoms with Gasteiger partial charge in [0.2, 0.25) is 0 Å². The number of nitrogens with zero attached hydrogens (tertiary/aromatic N) is 4. The number of fused-ring (bicyclic) bond motifs is 2. The largest absolute Gasteiger partial charge is 0.346 e. The molecule has 1 aliphatic carbocycles. The number of pyridine rings is 2. The zero-order chi connectivity index (χ0) is 13.8. The molecule has 1 aliphatic rings. The van der Waals surface area contributed by atoms with E-state index in [0.717, 1.165) is 27.8 Å². The molecule has 4 aromatic rings. The van der Waals surface area contributed by atoms with E-state index in [1.807, 2.05) is 18.5 Å². The Balaban J connectivity index is 1.68. The first-order valence-electron chi connectivity index (χ1n) is 7.16. The van der Waals surface area contributed by atoms with Gasteiger partial charge in [0.1, 0.15) is 12.0 Å². The van der Waals surface area contributed by atoms with Crippen molar-refractivity contribution in [2.24, 2.45) is 0 Å². The van der Waals surface area contributed by atoms with E-state index in [2.05, 4.69) is 33.3 Å². The van der Waals surface area contributed by atoms with E-state index < -0.39 is 0 Å². The van der Waals surface area contributed by atoms with Crippen LogP contribution in [0.2, 0.25) is 0 Å². The molecule has 0 spiro atoms. The van der Waals surface area contributed by atoms with Gasteiger partial charge in [-0.05, 0) is 42.7 Å². The zero-order valence-electron chi connectivity index (χ0n) is 11.3. The van der Waals surface area contributed by atoms with Gasteiger partial charge in [-0.3, -0.25) is 0 Å². The van der Waals surface area contributed by atoms with Crippen LogP contribution in [0.15, 0.2) is 43.0 Å². The highest BCUT2D eigenvalue weighted by molar-refractivity contribution is 5.94. The fraction of sp³-hybridized carbons (Fsp3) is 0.188. The van der Waals surface area contributed by atoms with E-state index in [9.17, 15) is 0 Å². The minimum absolute atomic E-state index is 0.675. The Kier molecular flexibility index (Phi) is 2.05. The molecule has 0 atom stereocenters. The van der Waals surface area contributed by atoms with Crippen LogP contribution in [-0.4, -0.2) is 24.6 Å². The van der Waals surface area contributed by atoms with E-state index in [1.165, 1.54) is 18.5 Å². The summed E-state index contributed by atoms with van der Waals surface area (Å²) in [6, 6.07) is 8.44. The number of aromatic nitrogens is 5. The van der Waals surface area contributed by atoms with Crippen LogP contribution in [0.25, 0.3) is 27.8 Å². The molecule has 0 saturated heterocycles. The molecule has 5 rings (SSSR count). The minimum Gasteiger partial charge on any atom is -0.346 e. The molecular formula is C16H13N5. The maximum Gasteiger partial charge on any atom is 0.155 e. The second-order valence-corrected chi connectivity index (χ2v) is 5.59. The van der Waals surface area contributed by atoms with Gasteiger partial charge in [0.15, 0.2) is 5.65 Å². The first-order chi connectivity index (χ1) is 10.4. The van der Waals surface area contributed by atoms with Crippen molar-refractivity contribution in [3.8, 4) is 11.1 Å². The van der Waals surface area contributed by atoms with E-state index >= 15 is 0 Å². The van der Waals surface area contributed by atoms with E-state index in [-0.39, 0.29) is 0 Å². The summed E-state index contributed by atoms with van der Waals surface area (Å²) in [5.41, 5.74) is 5.32. The smallest absolute Gasteiger partial charge is 0.155 e. The van der Waals surface area contributed by atoms with Crippen molar-refractivity contribution in [1.29, 1.82) is 0 Å². The molecule has 0 aliphatic heterocycles. The second kappa shape index (κ2) is 3.91. The Hall–Kier alpha value is -2.69. The molecule has 5 heteroatoms. The van der Waals surface area contributed by atoms with Crippen LogP contribution in [-0.2, 0) is 0 Å². The van der Waals surface area contributed by atoms with Crippen molar-refractivity contribution in [1.82, 2.24) is 24.6 Å². The number of aromatic amines is 1. The summed E-state index contributed by atoms with van der Waals surface area (Å²) >= 11 is 0. The summed E-state index contributed by atoms with van der Waals surface area (Å²) in [5.74, 6) is 0.675. The maximum atomic E-state index is 4.75. The fourth-order valence-corrected chi connectivity index (χ4v) is 2.85. The maximum absolute atomic E-state index is 4.75. The highest BCUT2D eigenvalue weighted by Gasteiger charge is 2.25. The van der Waals surface area contributed by atoms with Crippen LogP contribution in [0.4, 0.5) is 0 Å². The molecule has 21 heavy (non-hydrogen) atoms. The molecule has 0 amide bonds. The van der Waals surface area contributed by atoms with E-state index in [1.54, 1.807) is 10.8 Å². The third kappa shape index (κ3) is 1.67. The number of nitrogens with one attached hydrogen (secondary N) is 1. The van der Waals surface area contributed by atoms with Gasteiger partial charge < -0.3 is 4.98 Å². The lowest BCUT2D eigenvalue weighted by molar-refractivity contribution is 0.962. The lowest BCUT2D eigenvalue weighted by Crippen LogP contribution is -1.88. The average molecular weight is 275 g/mol. The van der Waals surface area contributed by atoms with Gasteiger partial charge in [0, 0.05) is 35.0 Å². The zero-order valence-corrected chi connectivity index (χ0v) is 11.3. The molecule has 4 aromatic heterocycles. The molecule has 102 valence electrons. The predicted molar refractivity (Wildman–Crippen MR) is 80.0 cm³/mol. The molecule has 1 N–H and O–H groups in total. The standard InChI is InChI=1S/C16H13N5/c1-2-10(1)14-4-3-12-13(8-17-16(12)20-14)11-5-6-21-15(7-11)18-9-19-21/h3-10H,1-2H2,(H,17,20). The predicted octanol–water partition coefficient (Wildman–Crippen LogP) is 3.15. The summed E-state index contributed by atoms with van der Waals surface area (Å²) in [6.07, 6.45) is 8.07. The van der Waals surface area contributed by atoms with Crippen LogP contribution in [0.3, 0.4) is 0 Å². The number of hydrogen-bond donors (Lipinski definition) is 1. The Morgan fingerprint density at radius 1 is 1.19 bits per heavy atom. The van der Waals surface area contributed by atoms with E-state index in [0.29, 0.717) is 5.92 Å². The summed E-state index contributed by atoms with van der Waals surface area (Å²) in [6.45, 7) is 0. The van der Waals surface area contributed by atoms with Gasteiger partial charge in [0.05, 0.1) is 0 Å². The van der Waals surface area contributed by atoms with Gasteiger partial charge >= 0.3 is 0 Å². The summed E-state index contributed by atoms with van der Waals surface area (Å²) in [7, 11) is 0. The minimum atomic E-state index is 0.675. The normalized spacial score (nSPS) is 15.0. The SMILES string of the molecule is c1nc2cc(-c3c[nH]c4nc(C5CC5)ccc34)ccn2n1. The summed E-state index contributed by atoms with van der Waals surface area (Å²) < 4.78 is 1.77. The van der Waals surface area contributed by atoms with Gasteiger partial charge in [-0.1, -0.05) is 0 Å². The van der Waals surface area contributed by atoms with Crippen molar-refractivity contribution in [2.45, 2.75) is 18.8 Å². The van der Waals surface area contributed by atoms with Gasteiger partial charge in [-0.15, -0.1) is 0 Å². The highest BCUT2D eigenvalue weighted by atomic mass is 15.3. The van der Waals surface area contributed by atoms with Gasteiger partial charge in [0.25, 0.3) is 0 Å². The molecule has 1 saturated carbocycles. The molecular weight excluding hydrogens is 262 g/mol. The first kappa shape index (κ1) is 11.0. The quantitative estimate of drug-likeness (QED) is 0.611. The fourth-order valence-electron chi connectivity index (χ4n) is 2.85. The Morgan fingerprint density at radius 3 is 3.05 bits per heavy atom. The van der Waals surface area contributed by atoms with Crippen LogP contribution in [0.5, 0.6) is 0 Å². The van der Waals surface area contributed by atoms with Crippen LogP contribution in [0.1, 0.15) is 24.5 Å². The third-order valence-electron chi connectivity index (χ3n) is 4.15. The second-order valence-electron chi connectivity index (χ2n) is 5.59. The monoisotopic (exact) mass is 275 g/mol. The topological polar surface area (TPSA) is 58.9 Å². The van der Waals surface area contributed by atoms with Crippen molar-refractivity contribution in [3.63, 3.8) is 0 Å². The van der Waals surface area contributed by atoms with E-state index in [4.69, 9.17) is 4.98 Å². The van der Waals surface area contributed by atoms with Gasteiger partial charge in [-0.2, -0.15) is 5.10 Å². The lowest BCUT2D eigenvalue weighted by Gasteiger charge is -2.01. The Labute approximate surface area is 120 Å². The van der Waals surface area contributed by atoms with Crippen molar-refractivity contribution >= 4 is 16.7 Å². The third-order valence-corrected chi connectivity index (χ3v) is 4.15. The molecule has 0 radical (unpaired) electrons. The summed E-state index contributed by atoms with van der Waals surface area (Å²) in [4.78, 5) is 12.3. The molecule has 0 bridgehead atoms. The van der Waals surface area contributed by atoms with Gasteiger partial charge in [-0.25, -0.2) is 14.5 Å². The van der Waals surface area contributed by atoms with Crippen molar-refractivity contribution in [2.75, 3.05) is 0 Å². The van der Waals surface area contributed by atoms with Crippen LogP contribution < -0.4 is 0 Å². The Bertz CT molecular complexity index is 961. The number of hydrogen-bond acceptors (Lipinski definition) is 3. The van der Waals surface area contributed by atoms with Crippen molar-refractivity contribution < 1.29 is 0 Å². The molecule has 1 fully saturated rings. The molecule has 5 nitrogen and oxygen atoms in total. The average Bonchev–Trinajstić information content (AvgIpc) is 3.11. The number of rotatable bonds is 2.